The Morgan fingerprint density at radius 3 is 2.52 bits per heavy atom. The summed E-state index contributed by atoms with van der Waals surface area (Å²) in [6, 6.07) is 19.0. The maximum atomic E-state index is 12.0. The lowest BCUT2D eigenvalue weighted by Gasteiger charge is -2.09. The van der Waals surface area contributed by atoms with E-state index in [9.17, 15) is 4.79 Å². The van der Waals surface area contributed by atoms with Crippen molar-refractivity contribution in [3.05, 3.63) is 70.7 Å². The predicted molar refractivity (Wildman–Crippen MR) is 110 cm³/mol. The van der Waals surface area contributed by atoms with Crippen LogP contribution in [0.15, 0.2) is 70.2 Å². The fourth-order valence-electron chi connectivity index (χ4n) is 2.53. The molecule has 6 heteroatoms. The maximum absolute atomic E-state index is 12.0. The van der Waals surface area contributed by atoms with Crippen molar-refractivity contribution in [2.45, 2.75) is 6.92 Å². The summed E-state index contributed by atoms with van der Waals surface area (Å²) in [7, 11) is 0. The molecule has 0 unspecified atom stereocenters. The largest absolute Gasteiger partial charge is 0.494 e. The average Bonchev–Trinajstić information content (AvgIpc) is 2.69. The Balaban J connectivity index is 1.55. The van der Waals surface area contributed by atoms with Gasteiger partial charge in [0, 0.05) is 9.86 Å². The lowest BCUT2D eigenvalue weighted by Crippen LogP contribution is -2.24. The van der Waals surface area contributed by atoms with Crippen molar-refractivity contribution >= 4 is 38.8 Å². The fourth-order valence-corrected chi connectivity index (χ4v) is 3.01. The lowest BCUT2D eigenvalue weighted by atomic mass is 10.1. The van der Waals surface area contributed by atoms with Crippen molar-refractivity contribution in [1.82, 2.24) is 5.43 Å². The maximum Gasteiger partial charge on any atom is 0.277 e. The van der Waals surface area contributed by atoms with Crippen LogP contribution >= 0.6 is 15.9 Å². The molecular weight excluding hydrogens is 408 g/mol. The molecule has 3 aromatic rings. The number of nitrogens with one attached hydrogen (secondary N) is 1. The highest BCUT2D eigenvalue weighted by atomic mass is 79.9. The molecule has 27 heavy (non-hydrogen) atoms. The Labute approximate surface area is 166 Å². The van der Waals surface area contributed by atoms with Crippen LogP contribution in [0, 0.1) is 0 Å². The number of halogens is 1. The van der Waals surface area contributed by atoms with E-state index in [1.54, 1.807) is 6.21 Å². The van der Waals surface area contributed by atoms with Crippen molar-refractivity contribution < 1.29 is 14.3 Å². The third-order valence-electron chi connectivity index (χ3n) is 3.78. The topological polar surface area (TPSA) is 59.9 Å². The standard InChI is InChI=1S/C21H19BrN2O3/c1-2-26-16-9-7-15(8-10-16)13-23-24-21(25)14-27-20-12-11-19(22)17-5-3-4-6-18(17)20/h3-13H,2,14H2,1H3,(H,24,25). The summed E-state index contributed by atoms with van der Waals surface area (Å²) in [5.41, 5.74) is 3.33. The van der Waals surface area contributed by atoms with Gasteiger partial charge in [-0.3, -0.25) is 4.79 Å². The molecule has 0 fully saturated rings. The van der Waals surface area contributed by atoms with Crippen LogP contribution in [0.4, 0.5) is 0 Å². The average molecular weight is 427 g/mol. The monoisotopic (exact) mass is 426 g/mol. The van der Waals surface area contributed by atoms with E-state index in [0.717, 1.165) is 26.6 Å². The number of fused-ring (bicyclic) bond motifs is 1. The Bertz CT molecular complexity index is 955. The lowest BCUT2D eigenvalue weighted by molar-refractivity contribution is -0.123. The van der Waals surface area contributed by atoms with Gasteiger partial charge >= 0.3 is 0 Å². The van der Waals surface area contributed by atoms with E-state index in [4.69, 9.17) is 9.47 Å². The van der Waals surface area contributed by atoms with Crippen LogP contribution in [-0.4, -0.2) is 25.3 Å². The molecule has 0 radical (unpaired) electrons. The Kier molecular flexibility index (Phi) is 6.44. The summed E-state index contributed by atoms with van der Waals surface area (Å²) in [4.78, 5) is 12.0. The molecule has 0 aliphatic carbocycles. The molecule has 0 atom stereocenters. The first-order valence-electron chi connectivity index (χ1n) is 8.52. The van der Waals surface area contributed by atoms with E-state index in [0.29, 0.717) is 12.4 Å². The molecule has 0 saturated heterocycles. The molecule has 0 saturated carbocycles. The molecule has 3 aromatic carbocycles. The zero-order valence-electron chi connectivity index (χ0n) is 14.8. The molecule has 138 valence electrons. The van der Waals surface area contributed by atoms with Crippen molar-refractivity contribution in [3.8, 4) is 11.5 Å². The van der Waals surface area contributed by atoms with Gasteiger partial charge in [-0.05, 0) is 54.3 Å². The zero-order chi connectivity index (χ0) is 19.1. The number of hydrazone groups is 1. The smallest absolute Gasteiger partial charge is 0.277 e. The molecule has 0 spiro atoms. The number of amides is 1. The third kappa shape index (κ3) is 5.08. The van der Waals surface area contributed by atoms with Gasteiger partial charge in [-0.25, -0.2) is 5.43 Å². The molecule has 0 bridgehead atoms. The number of carbonyl (C=O) groups excluding carboxylic acids is 1. The predicted octanol–water partition coefficient (Wildman–Crippen LogP) is 4.53. The van der Waals surface area contributed by atoms with E-state index < -0.39 is 0 Å². The van der Waals surface area contributed by atoms with E-state index in [1.165, 1.54) is 0 Å². The first-order chi connectivity index (χ1) is 13.2. The van der Waals surface area contributed by atoms with Crippen LogP contribution in [0.2, 0.25) is 0 Å². The molecular formula is C21H19BrN2O3. The summed E-state index contributed by atoms with van der Waals surface area (Å²) in [5, 5.41) is 5.93. The minimum Gasteiger partial charge on any atom is -0.494 e. The van der Waals surface area contributed by atoms with Gasteiger partial charge in [0.1, 0.15) is 11.5 Å². The van der Waals surface area contributed by atoms with Crippen molar-refractivity contribution in [2.75, 3.05) is 13.2 Å². The Morgan fingerprint density at radius 1 is 1.04 bits per heavy atom. The summed E-state index contributed by atoms with van der Waals surface area (Å²) in [6.07, 6.45) is 1.57. The Morgan fingerprint density at radius 2 is 1.78 bits per heavy atom. The highest BCUT2D eigenvalue weighted by Crippen LogP contribution is 2.31. The van der Waals surface area contributed by atoms with Crippen LogP contribution in [0.25, 0.3) is 10.8 Å². The zero-order valence-corrected chi connectivity index (χ0v) is 16.4. The fraction of sp³-hybridized carbons (Fsp3) is 0.143. The van der Waals surface area contributed by atoms with Crippen molar-refractivity contribution in [2.24, 2.45) is 5.10 Å². The highest BCUT2D eigenvalue weighted by Gasteiger charge is 2.07. The van der Waals surface area contributed by atoms with Gasteiger partial charge in [-0.1, -0.05) is 40.2 Å². The first kappa shape index (κ1) is 18.9. The highest BCUT2D eigenvalue weighted by molar-refractivity contribution is 9.10. The second-order valence-corrected chi connectivity index (χ2v) is 6.53. The van der Waals surface area contributed by atoms with Gasteiger partial charge in [0.15, 0.2) is 6.61 Å². The molecule has 0 heterocycles. The summed E-state index contributed by atoms with van der Waals surface area (Å²) < 4.78 is 12.0. The van der Waals surface area contributed by atoms with Gasteiger partial charge in [0.2, 0.25) is 0 Å². The van der Waals surface area contributed by atoms with Crippen molar-refractivity contribution in [1.29, 1.82) is 0 Å². The van der Waals surface area contributed by atoms with Gasteiger partial charge in [-0.2, -0.15) is 5.10 Å². The van der Waals surface area contributed by atoms with Gasteiger partial charge in [0.05, 0.1) is 12.8 Å². The normalized spacial score (nSPS) is 10.9. The molecule has 3 rings (SSSR count). The number of benzene rings is 3. The van der Waals surface area contributed by atoms with Crippen LogP contribution < -0.4 is 14.9 Å². The summed E-state index contributed by atoms with van der Waals surface area (Å²) >= 11 is 3.52. The van der Waals surface area contributed by atoms with Crippen LogP contribution in [0.1, 0.15) is 12.5 Å². The molecule has 5 nitrogen and oxygen atoms in total. The summed E-state index contributed by atoms with van der Waals surface area (Å²) in [6.45, 7) is 2.44. The van der Waals surface area contributed by atoms with Gasteiger partial charge < -0.3 is 9.47 Å². The second-order valence-electron chi connectivity index (χ2n) is 5.68. The number of nitrogens with zero attached hydrogens (tertiary/aromatic N) is 1. The van der Waals surface area contributed by atoms with Crippen LogP contribution in [0.3, 0.4) is 0 Å². The van der Waals surface area contributed by atoms with Gasteiger partial charge in [-0.15, -0.1) is 0 Å². The quantitative estimate of drug-likeness (QED) is 0.445. The van der Waals surface area contributed by atoms with E-state index in [-0.39, 0.29) is 12.5 Å². The number of hydrogen-bond acceptors (Lipinski definition) is 4. The van der Waals surface area contributed by atoms with E-state index in [1.807, 2.05) is 67.6 Å². The number of rotatable bonds is 7. The molecule has 1 amide bonds. The second kappa shape index (κ2) is 9.19. The minimum absolute atomic E-state index is 0.119. The molecule has 1 N–H and O–H groups in total. The minimum atomic E-state index is -0.329. The SMILES string of the molecule is CCOc1ccc(C=NNC(=O)COc2ccc(Br)c3ccccc23)cc1. The summed E-state index contributed by atoms with van der Waals surface area (Å²) in [5.74, 6) is 1.12. The molecule has 0 aliphatic rings. The van der Waals surface area contributed by atoms with Gasteiger partial charge in [0.25, 0.3) is 5.91 Å². The molecule has 0 aliphatic heterocycles. The number of ether oxygens (including phenoxy) is 2. The van der Waals surface area contributed by atoms with Crippen LogP contribution in [-0.2, 0) is 4.79 Å². The third-order valence-corrected chi connectivity index (χ3v) is 4.48. The van der Waals surface area contributed by atoms with Crippen LogP contribution in [0.5, 0.6) is 11.5 Å². The molecule has 0 aromatic heterocycles. The van der Waals surface area contributed by atoms with E-state index >= 15 is 0 Å². The number of hydrogen-bond donors (Lipinski definition) is 1. The van der Waals surface area contributed by atoms with Crippen molar-refractivity contribution in [3.63, 3.8) is 0 Å². The number of carbonyl (C=O) groups is 1. The van der Waals surface area contributed by atoms with E-state index in [2.05, 4.69) is 26.5 Å². The first-order valence-corrected chi connectivity index (χ1v) is 9.31. The Hall–Kier alpha value is -2.86.